The van der Waals surface area contributed by atoms with Crippen molar-refractivity contribution in [2.45, 2.75) is 18.9 Å². The van der Waals surface area contributed by atoms with Crippen LogP contribution in [-0.4, -0.2) is 60.4 Å². The molecular formula is C20H23N3O2. The van der Waals surface area contributed by atoms with Gasteiger partial charge < -0.3 is 10.2 Å². The molecule has 2 fully saturated rings. The summed E-state index contributed by atoms with van der Waals surface area (Å²) in [5.41, 5.74) is 0.735. The highest BCUT2D eigenvalue weighted by Crippen LogP contribution is 2.19. The average Bonchev–Trinajstić information content (AvgIpc) is 3.45. The normalized spacial score (nSPS) is 18.3. The molecule has 0 aromatic heterocycles. The summed E-state index contributed by atoms with van der Waals surface area (Å²) in [4.78, 5) is 28.7. The molecule has 1 aliphatic heterocycles. The van der Waals surface area contributed by atoms with Crippen LogP contribution in [0.3, 0.4) is 0 Å². The van der Waals surface area contributed by atoms with E-state index in [4.69, 9.17) is 0 Å². The number of amides is 2. The van der Waals surface area contributed by atoms with Gasteiger partial charge in [-0.15, -0.1) is 0 Å². The zero-order chi connectivity index (χ0) is 17.2. The van der Waals surface area contributed by atoms with Crippen LogP contribution in [0, 0.1) is 0 Å². The van der Waals surface area contributed by atoms with Crippen LogP contribution in [0.1, 0.15) is 23.2 Å². The van der Waals surface area contributed by atoms with Crippen LogP contribution in [-0.2, 0) is 4.79 Å². The zero-order valence-corrected chi connectivity index (χ0v) is 14.3. The molecule has 1 saturated carbocycles. The standard InChI is InChI=1S/C20H23N3O2/c24-19(21-18-7-8-18)14-22-9-11-23(12-10-22)20(25)17-6-5-15-3-1-2-4-16(15)13-17/h1-6,13,18H,7-12,14H2,(H,21,24). The van der Waals surface area contributed by atoms with Gasteiger partial charge in [0.25, 0.3) is 5.91 Å². The van der Waals surface area contributed by atoms with Gasteiger partial charge in [-0.05, 0) is 35.7 Å². The van der Waals surface area contributed by atoms with E-state index < -0.39 is 0 Å². The van der Waals surface area contributed by atoms with Gasteiger partial charge in [-0.2, -0.15) is 0 Å². The topological polar surface area (TPSA) is 52.7 Å². The maximum Gasteiger partial charge on any atom is 0.253 e. The van der Waals surface area contributed by atoms with E-state index in [9.17, 15) is 9.59 Å². The lowest BCUT2D eigenvalue weighted by atomic mass is 10.1. The van der Waals surface area contributed by atoms with Gasteiger partial charge in [-0.3, -0.25) is 14.5 Å². The first kappa shape index (κ1) is 16.1. The van der Waals surface area contributed by atoms with Gasteiger partial charge in [0, 0.05) is 37.8 Å². The van der Waals surface area contributed by atoms with Crippen molar-refractivity contribution in [2.24, 2.45) is 0 Å². The van der Waals surface area contributed by atoms with Crippen LogP contribution in [0.5, 0.6) is 0 Å². The van der Waals surface area contributed by atoms with Crippen molar-refractivity contribution < 1.29 is 9.59 Å². The molecule has 5 heteroatoms. The van der Waals surface area contributed by atoms with Gasteiger partial charge in [0.2, 0.25) is 5.91 Å². The van der Waals surface area contributed by atoms with Crippen LogP contribution in [0.4, 0.5) is 0 Å². The molecule has 25 heavy (non-hydrogen) atoms. The van der Waals surface area contributed by atoms with E-state index in [1.54, 1.807) is 0 Å². The second kappa shape index (κ2) is 6.84. The lowest BCUT2D eigenvalue weighted by molar-refractivity contribution is -0.122. The molecule has 2 amide bonds. The Labute approximate surface area is 147 Å². The van der Waals surface area contributed by atoms with E-state index in [-0.39, 0.29) is 11.8 Å². The lowest BCUT2D eigenvalue weighted by Crippen LogP contribution is -2.51. The van der Waals surface area contributed by atoms with E-state index in [2.05, 4.69) is 16.3 Å². The minimum atomic E-state index is 0.0767. The van der Waals surface area contributed by atoms with Crippen molar-refractivity contribution in [1.82, 2.24) is 15.1 Å². The average molecular weight is 337 g/mol. The third-order valence-corrected chi connectivity index (χ3v) is 4.97. The third kappa shape index (κ3) is 3.82. The summed E-state index contributed by atoms with van der Waals surface area (Å²) in [5, 5.41) is 5.25. The van der Waals surface area contributed by atoms with Crippen molar-refractivity contribution in [3.05, 3.63) is 48.0 Å². The highest BCUT2D eigenvalue weighted by molar-refractivity contribution is 5.98. The summed E-state index contributed by atoms with van der Waals surface area (Å²) in [6.07, 6.45) is 2.22. The molecule has 1 N–H and O–H groups in total. The van der Waals surface area contributed by atoms with Crippen molar-refractivity contribution in [2.75, 3.05) is 32.7 Å². The van der Waals surface area contributed by atoms with Crippen LogP contribution in [0.15, 0.2) is 42.5 Å². The minimum absolute atomic E-state index is 0.0767. The predicted octanol–water partition coefficient (Wildman–Crippen LogP) is 1.88. The maximum atomic E-state index is 12.8. The number of nitrogens with zero attached hydrogens (tertiary/aromatic N) is 2. The molecule has 0 spiro atoms. The molecule has 1 saturated heterocycles. The Kier molecular flexibility index (Phi) is 4.40. The van der Waals surface area contributed by atoms with Gasteiger partial charge in [0.05, 0.1) is 6.54 Å². The third-order valence-electron chi connectivity index (χ3n) is 4.97. The molecule has 130 valence electrons. The fourth-order valence-corrected chi connectivity index (χ4v) is 3.32. The number of rotatable bonds is 4. The number of hydrogen-bond donors (Lipinski definition) is 1. The van der Waals surface area contributed by atoms with Gasteiger partial charge in [-0.25, -0.2) is 0 Å². The van der Waals surface area contributed by atoms with Gasteiger partial charge in [0.1, 0.15) is 0 Å². The second-order valence-electron chi connectivity index (χ2n) is 6.97. The molecule has 4 rings (SSSR count). The molecule has 0 atom stereocenters. The van der Waals surface area contributed by atoms with Crippen LogP contribution >= 0.6 is 0 Å². The predicted molar refractivity (Wildman–Crippen MR) is 97.5 cm³/mol. The number of fused-ring (bicyclic) bond motifs is 1. The summed E-state index contributed by atoms with van der Waals surface area (Å²) in [6, 6.07) is 14.3. The Morgan fingerprint density at radius 3 is 2.40 bits per heavy atom. The molecule has 2 aliphatic rings. The highest BCUT2D eigenvalue weighted by Gasteiger charge is 2.26. The highest BCUT2D eigenvalue weighted by atomic mass is 16.2. The fourth-order valence-electron chi connectivity index (χ4n) is 3.32. The number of carbonyl (C=O) groups excluding carboxylic acids is 2. The lowest BCUT2D eigenvalue weighted by Gasteiger charge is -2.34. The summed E-state index contributed by atoms with van der Waals surface area (Å²) in [5.74, 6) is 0.185. The van der Waals surface area contributed by atoms with Crippen molar-refractivity contribution in [3.8, 4) is 0 Å². The van der Waals surface area contributed by atoms with Crippen LogP contribution < -0.4 is 5.32 Å². The van der Waals surface area contributed by atoms with Crippen molar-refractivity contribution in [1.29, 1.82) is 0 Å². The molecule has 1 heterocycles. The maximum absolute atomic E-state index is 12.8. The summed E-state index contributed by atoms with van der Waals surface area (Å²) in [6.45, 7) is 3.27. The SMILES string of the molecule is O=C(CN1CCN(C(=O)c2ccc3ccccc3c2)CC1)NC1CC1. The Morgan fingerprint density at radius 2 is 1.68 bits per heavy atom. The molecule has 2 aromatic carbocycles. The largest absolute Gasteiger partial charge is 0.352 e. The monoisotopic (exact) mass is 337 g/mol. The number of nitrogens with one attached hydrogen (secondary N) is 1. The summed E-state index contributed by atoms with van der Waals surface area (Å²) in [7, 11) is 0. The molecular weight excluding hydrogens is 314 g/mol. The van der Waals surface area contributed by atoms with Crippen molar-refractivity contribution in [3.63, 3.8) is 0 Å². The first-order valence-electron chi connectivity index (χ1n) is 8.99. The smallest absolute Gasteiger partial charge is 0.253 e. The second-order valence-corrected chi connectivity index (χ2v) is 6.97. The van der Waals surface area contributed by atoms with E-state index in [1.165, 1.54) is 0 Å². The fraction of sp³-hybridized carbons (Fsp3) is 0.400. The van der Waals surface area contributed by atoms with Crippen LogP contribution in [0.25, 0.3) is 10.8 Å². The molecule has 0 unspecified atom stereocenters. The Bertz CT molecular complexity index is 792. The van der Waals surface area contributed by atoms with E-state index in [0.717, 1.165) is 42.3 Å². The number of benzene rings is 2. The van der Waals surface area contributed by atoms with Crippen LogP contribution in [0.2, 0.25) is 0 Å². The quantitative estimate of drug-likeness (QED) is 0.927. The van der Waals surface area contributed by atoms with Gasteiger partial charge in [-0.1, -0.05) is 30.3 Å². The van der Waals surface area contributed by atoms with E-state index in [1.807, 2.05) is 41.3 Å². The Hall–Kier alpha value is -2.40. The Morgan fingerprint density at radius 1 is 0.960 bits per heavy atom. The van der Waals surface area contributed by atoms with Gasteiger partial charge in [0.15, 0.2) is 0 Å². The molecule has 1 aliphatic carbocycles. The number of piperazine rings is 1. The zero-order valence-electron chi connectivity index (χ0n) is 14.3. The number of hydrogen-bond acceptors (Lipinski definition) is 3. The van der Waals surface area contributed by atoms with E-state index >= 15 is 0 Å². The minimum Gasteiger partial charge on any atom is -0.352 e. The molecule has 5 nitrogen and oxygen atoms in total. The number of carbonyl (C=O) groups is 2. The first-order chi connectivity index (χ1) is 12.2. The Balaban J connectivity index is 1.34. The molecule has 0 bridgehead atoms. The van der Waals surface area contributed by atoms with E-state index in [0.29, 0.717) is 25.7 Å². The van der Waals surface area contributed by atoms with Crippen molar-refractivity contribution >= 4 is 22.6 Å². The molecule has 0 radical (unpaired) electrons. The summed E-state index contributed by atoms with van der Waals surface area (Å²) < 4.78 is 0. The first-order valence-corrected chi connectivity index (χ1v) is 8.99. The molecule has 2 aromatic rings. The summed E-state index contributed by atoms with van der Waals surface area (Å²) >= 11 is 0. The van der Waals surface area contributed by atoms with Gasteiger partial charge >= 0.3 is 0 Å².